The fourth-order valence-electron chi connectivity index (χ4n) is 2.52. The van der Waals surface area contributed by atoms with Crippen molar-refractivity contribution in [3.8, 4) is 11.8 Å². The summed E-state index contributed by atoms with van der Waals surface area (Å²) in [6.07, 6.45) is 4.04. The molecule has 1 amide bonds. The van der Waals surface area contributed by atoms with Crippen molar-refractivity contribution in [3.63, 3.8) is 0 Å². The van der Waals surface area contributed by atoms with Crippen LogP contribution in [0.4, 0.5) is 4.79 Å². The van der Waals surface area contributed by atoms with E-state index in [9.17, 15) is 4.79 Å². The summed E-state index contributed by atoms with van der Waals surface area (Å²) < 4.78 is 7.72. The number of ether oxygens (including phenoxy) is 1. The van der Waals surface area contributed by atoms with Crippen molar-refractivity contribution in [2.75, 3.05) is 6.61 Å². The zero-order chi connectivity index (χ0) is 11.4. The second-order valence-corrected chi connectivity index (χ2v) is 5.88. The van der Waals surface area contributed by atoms with Gasteiger partial charge in [-0.1, -0.05) is 0 Å². The van der Waals surface area contributed by atoms with Gasteiger partial charge in [0.1, 0.15) is 0 Å². The van der Waals surface area contributed by atoms with Crippen molar-refractivity contribution in [2.24, 2.45) is 17.8 Å². The van der Waals surface area contributed by atoms with Crippen LogP contribution in [0.15, 0.2) is 0 Å². The van der Waals surface area contributed by atoms with E-state index >= 15 is 0 Å². The van der Waals surface area contributed by atoms with E-state index in [1.165, 1.54) is 22.0 Å². The smallest absolute Gasteiger partial charge is 0.417 e. The minimum Gasteiger partial charge on any atom is -0.449 e. The van der Waals surface area contributed by atoms with Gasteiger partial charge in [-0.3, -0.25) is 4.72 Å². The highest BCUT2D eigenvalue weighted by Crippen LogP contribution is 2.52. The molecule has 1 N–H and O–H groups in total. The largest absolute Gasteiger partial charge is 0.449 e. The van der Waals surface area contributed by atoms with Crippen LogP contribution in [-0.2, 0) is 4.74 Å². The van der Waals surface area contributed by atoms with Crippen LogP contribution in [0.5, 0.6) is 0 Å². The van der Waals surface area contributed by atoms with Crippen LogP contribution in [0.25, 0.3) is 0 Å². The van der Waals surface area contributed by atoms with Crippen molar-refractivity contribution >= 4 is 36.4 Å². The maximum absolute atomic E-state index is 11.1. The molecule has 0 aromatic heterocycles. The number of hydrogen-bond acceptors (Lipinski definition) is 3. The van der Waals surface area contributed by atoms with E-state index in [0.29, 0.717) is 12.5 Å². The molecule has 3 nitrogen and oxygen atoms in total. The normalized spacial score (nSPS) is 31.2. The molecule has 0 heterocycles. The highest BCUT2D eigenvalue weighted by atomic mass is 127. The highest BCUT2D eigenvalue weighted by Gasteiger charge is 2.49. The molecule has 5 heteroatoms. The van der Waals surface area contributed by atoms with Crippen molar-refractivity contribution < 1.29 is 9.53 Å². The summed E-state index contributed by atoms with van der Waals surface area (Å²) in [5.41, 5.74) is 0. The van der Waals surface area contributed by atoms with Crippen molar-refractivity contribution in [1.29, 1.82) is 0 Å². The Morgan fingerprint density at radius 1 is 1.38 bits per heavy atom. The predicted molar refractivity (Wildman–Crippen MR) is 72.8 cm³/mol. The summed E-state index contributed by atoms with van der Waals surface area (Å²) in [5, 5.41) is 0. The third kappa shape index (κ3) is 3.20. The van der Waals surface area contributed by atoms with Gasteiger partial charge in [0.15, 0.2) is 0 Å². The molecule has 0 spiro atoms. The van der Waals surface area contributed by atoms with Gasteiger partial charge in [0, 0.05) is 43.2 Å². The molecule has 2 aliphatic carbocycles. The Morgan fingerprint density at radius 2 is 2.00 bits per heavy atom. The molecule has 1 unspecified atom stereocenters. The maximum Gasteiger partial charge on any atom is 0.417 e. The quantitative estimate of drug-likeness (QED) is 0.482. The van der Waals surface area contributed by atoms with E-state index in [1.807, 2.05) is 21.2 Å². The van der Waals surface area contributed by atoms with Crippen LogP contribution in [0, 0.1) is 29.6 Å². The number of rotatable bonds is 3. The number of fused-ring (bicyclic) bond motifs is 1. The molecule has 0 saturated heterocycles. The monoisotopic (exact) mass is 351 g/mol. The van der Waals surface area contributed by atoms with Crippen LogP contribution in [0.3, 0.4) is 0 Å². The Balaban J connectivity index is 1.71. The first-order valence-electron chi connectivity index (χ1n) is 5.49. The molecule has 0 radical (unpaired) electrons. The van der Waals surface area contributed by atoms with E-state index in [4.69, 9.17) is 4.74 Å². The van der Waals surface area contributed by atoms with Crippen LogP contribution in [-0.4, -0.2) is 12.7 Å². The van der Waals surface area contributed by atoms with Crippen molar-refractivity contribution in [1.82, 2.24) is 4.72 Å². The van der Waals surface area contributed by atoms with Gasteiger partial charge in [0.05, 0.1) is 6.61 Å². The molecule has 2 aliphatic rings. The molecule has 0 bridgehead atoms. The van der Waals surface area contributed by atoms with Gasteiger partial charge in [-0.05, 0) is 30.6 Å². The summed E-state index contributed by atoms with van der Waals surface area (Å²) in [4.78, 5) is 11.1. The SMILES string of the molecule is O=C(NSI)OCC1[C@H]2CCC#CCC[C@@H]12. The zero-order valence-electron chi connectivity index (χ0n) is 8.87. The number of amides is 1. The molecule has 0 aromatic carbocycles. The predicted octanol–water partition coefficient (Wildman–Crippen LogP) is 3.15. The van der Waals surface area contributed by atoms with Crippen LogP contribution in [0.2, 0.25) is 0 Å². The van der Waals surface area contributed by atoms with E-state index in [2.05, 4.69) is 16.6 Å². The van der Waals surface area contributed by atoms with Crippen molar-refractivity contribution in [2.45, 2.75) is 25.7 Å². The Morgan fingerprint density at radius 3 is 2.56 bits per heavy atom. The van der Waals surface area contributed by atoms with E-state index in [0.717, 1.165) is 24.7 Å². The standard InChI is InChI=1S/C11H14INO2S/c12-16-13-11(14)15-7-10-8-5-3-1-2-4-6-9(8)10/h8-10H,3-7H2,(H,13,14)/t8-,9+,10?. The Hall–Kier alpha value is -0.0900. The first-order valence-corrected chi connectivity index (χ1v) is 8.85. The fourth-order valence-corrected chi connectivity index (χ4v) is 3.18. The highest BCUT2D eigenvalue weighted by molar-refractivity contribution is 14.2. The van der Waals surface area contributed by atoms with E-state index < -0.39 is 0 Å². The topological polar surface area (TPSA) is 38.3 Å². The summed E-state index contributed by atoms with van der Waals surface area (Å²) >= 11 is 2.01. The van der Waals surface area contributed by atoms with Crippen LogP contribution in [0.1, 0.15) is 25.7 Å². The fraction of sp³-hybridized carbons (Fsp3) is 0.727. The lowest BCUT2D eigenvalue weighted by Gasteiger charge is -2.03. The van der Waals surface area contributed by atoms with Gasteiger partial charge in [0.25, 0.3) is 0 Å². The van der Waals surface area contributed by atoms with Gasteiger partial charge >= 0.3 is 6.09 Å². The second-order valence-electron chi connectivity index (χ2n) is 4.20. The van der Waals surface area contributed by atoms with Gasteiger partial charge < -0.3 is 4.74 Å². The van der Waals surface area contributed by atoms with Crippen LogP contribution < -0.4 is 4.72 Å². The summed E-state index contributed by atoms with van der Waals surface area (Å²) in [7, 11) is 1.24. The number of carbonyl (C=O) groups excluding carboxylic acids is 1. The molecule has 1 fully saturated rings. The summed E-state index contributed by atoms with van der Waals surface area (Å²) in [5.74, 6) is 8.42. The molecule has 16 heavy (non-hydrogen) atoms. The lowest BCUT2D eigenvalue weighted by Crippen LogP contribution is -2.17. The average molecular weight is 351 g/mol. The number of hydrogen-bond donors (Lipinski definition) is 1. The first kappa shape index (κ1) is 12.4. The third-order valence-electron chi connectivity index (χ3n) is 3.37. The molecular formula is C11H14INO2S. The average Bonchev–Trinajstić information content (AvgIpc) is 2.86. The number of carbonyl (C=O) groups is 1. The Labute approximate surface area is 112 Å². The summed E-state index contributed by atoms with van der Waals surface area (Å²) in [6, 6.07) is 0. The van der Waals surface area contributed by atoms with Crippen LogP contribution >= 0.6 is 30.3 Å². The third-order valence-corrected chi connectivity index (χ3v) is 4.27. The first-order chi connectivity index (χ1) is 7.83. The van der Waals surface area contributed by atoms with Crippen molar-refractivity contribution in [3.05, 3.63) is 0 Å². The number of halogens is 1. The lowest BCUT2D eigenvalue weighted by atomic mass is 10.1. The lowest BCUT2D eigenvalue weighted by molar-refractivity contribution is 0.144. The molecule has 0 aromatic rings. The molecule has 1 saturated carbocycles. The summed E-state index contributed by atoms with van der Waals surface area (Å²) in [6.45, 7) is 0.568. The van der Waals surface area contributed by atoms with Gasteiger partial charge in [-0.15, -0.1) is 11.8 Å². The van der Waals surface area contributed by atoms with Gasteiger partial charge in [-0.2, -0.15) is 0 Å². The maximum atomic E-state index is 11.1. The number of nitrogens with one attached hydrogen (secondary N) is 1. The van der Waals surface area contributed by atoms with E-state index in [1.54, 1.807) is 0 Å². The molecule has 88 valence electrons. The Kier molecular flexibility index (Phi) is 4.65. The van der Waals surface area contributed by atoms with Gasteiger partial charge in [0.2, 0.25) is 0 Å². The molecular weight excluding hydrogens is 337 g/mol. The zero-order valence-corrected chi connectivity index (χ0v) is 11.8. The molecule has 0 aliphatic heterocycles. The van der Waals surface area contributed by atoms with E-state index in [-0.39, 0.29) is 6.09 Å². The second kappa shape index (κ2) is 6.01. The minimum atomic E-state index is -0.324. The Bertz CT molecular complexity index is 308. The van der Waals surface area contributed by atoms with Gasteiger partial charge in [-0.25, -0.2) is 4.79 Å². The molecule has 2 rings (SSSR count). The minimum absolute atomic E-state index is 0.324. The molecule has 3 atom stereocenters.